The molecule has 6 heteroatoms. The Kier molecular flexibility index (Phi) is 3.88. The van der Waals surface area contributed by atoms with Crippen molar-refractivity contribution in [1.82, 2.24) is 4.90 Å². The summed E-state index contributed by atoms with van der Waals surface area (Å²) in [5.74, 6) is -1.04. The summed E-state index contributed by atoms with van der Waals surface area (Å²) >= 11 is 0. The molecule has 1 aliphatic heterocycles. The molecule has 0 atom stereocenters. The van der Waals surface area contributed by atoms with Crippen molar-refractivity contribution in [3.63, 3.8) is 0 Å². The van der Waals surface area contributed by atoms with Gasteiger partial charge in [-0.2, -0.15) is 0 Å². The topological polar surface area (TPSA) is 78.9 Å². The SMILES string of the molecule is Cc1ccc(C(=O)O)cc1NC(=O)C1(N2CCOCC2)CC1. The van der Waals surface area contributed by atoms with Crippen molar-refractivity contribution < 1.29 is 19.4 Å². The van der Waals surface area contributed by atoms with Crippen molar-refractivity contribution in [3.8, 4) is 0 Å². The van der Waals surface area contributed by atoms with Crippen LogP contribution >= 0.6 is 0 Å². The number of nitrogens with zero attached hydrogens (tertiary/aromatic N) is 1. The number of aryl methyl sites for hydroxylation is 1. The van der Waals surface area contributed by atoms with Crippen LogP contribution in [0.15, 0.2) is 18.2 Å². The van der Waals surface area contributed by atoms with Crippen LogP contribution in [0.5, 0.6) is 0 Å². The smallest absolute Gasteiger partial charge is 0.335 e. The van der Waals surface area contributed by atoms with Crippen molar-refractivity contribution in [3.05, 3.63) is 29.3 Å². The van der Waals surface area contributed by atoms with Gasteiger partial charge in [0.05, 0.1) is 18.8 Å². The molecule has 1 aromatic rings. The van der Waals surface area contributed by atoms with Gasteiger partial charge in [-0.25, -0.2) is 4.79 Å². The fourth-order valence-electron chi connectivity index (χ4n) is 2.93. The summed E-state index contributed by atoms with van der Waals surface area (Å²) in [5.41, 5.74) is 1.17. The Morgan fingerprint density at radius 2 is 1.95 bits per heavy atom. The monoisotopic (exact) mass is 304 g/mol. The predicted molar refractivity (Wildman–Crippen MR) is 81.1 cm³/mol. The maximum Gasteiger partial charge on any atom is 0.335 e. The summed E-state index contributed by atoms with van der Waals surface area (Å²) in [6.45, 7) is 4.70. The summed E-state index contributed by atoms with van der Waals surface area (Å²) in [6, 6.07) is 4.78. The standard InChI is InChI=1S/C16H20N2O4/c1-11-2-3-12(14(19)20)10-13(11)17-15(21)16(4-5-16)18-6-8-22-9-7-18/h2-3,10H,4-9H2,1H3,(H,17,21)(H,19,20). The second kappa shape index (κ2) is 5.70. The second-order valence-corrected chi connectivity index (χ2v) is 5.92. The van der Waals surface area contributed by atoms with Gasteiger partial charge in [0.25, 0.3) is 0 Å². The Labute approximate surface area is 129 Å². The number of ether oxygens (including phenoxy) is 1. The van der Waals surface area contributed by atoms with Crippen molar-refractivity contribution >= 4 is 17.6 Å². The van der Waals surface area contributed by atoms with Gasteiger partial charge in [0, 0.05) is 18.8 Å². The lowest BCUT2D eigenvalue weighted by molar-refractivity contribution is -0.124. The number of morpholine rings is 1. The van der Waals surface area contributed by atoms with Crippen LogP contribution in [0.25, 0.3) is 0 Å². The molecule has 2 N–H and O–H groups in total. The predicted octanol–water partition coefficient (Wildman–Crippen LogP) is 1.50. The fraction of sp³-hybridized carbons (Fsp3) is 0.500. The lowest BCUT2D eigenvalue weighted by atomic mass is 10.1. The molecular formula is C16H20N2O4. The number of hydrogen-bond donors (Lipinski definition) is 2. The van der Waals surface area contributed by atoms with E-state index in [-0.39, 0.29) is 11.5 Å². The van der Waals surface area contributed by atoms with Crippen molar-refractivity contribution in [2.24, 2.45) is 0 Å². The van der Waals surface area contributed by atoms with Crippen LogP contribution < -0.4 is 5.32 Å². The van der Waals surface area contributed by atoms with Gasteiger partial charge in [0.2, 0.25) is 5.91 Å². The highest BCUT2D eigenvalue weighted by Crippen LogP contribution is 2.43. The first-order valence-electron chi connectivity index (χ1n) is 7.51. The average Bonchev–Trinajstić information content (AvgIpc) is 3.32. The van der Waals surface area contributed by atoms with Crippen molar-refractivity contribution in [1.29, 1.82) is 0 Å². The van der Waals surface area contributed by atoms with Crippen LogP contribution in [0.4, 0.5) is 5.69 Å². The molecule has 1 aromatic carbocycles. The highest BCUT2D eigenvalue weighted by Gasteiger charge is 2.54. The zero-order valence-electron chi connectivity index (χ0n) is 12.6. The molecule has 3 rings (SSSR count). The highest BCUT2D eigenvalue weighted by atomic mass is 16.5. The van der Waals surface area contributed by atoms with Gasteiger partial charge >= 0.3 is 5.97 Å². The summed E-state index contributed by atoms with van der Waals surface area (Å²) < 4.78 is 5.34. The van der Waals surface area contributed by atoms with Gasteiger partial charge in [0.1, 0.15) is 5.54 Å². The molecule has 1 saturated carbocycles. The minimum atomic E-state index is -0.996. The Hall–Kier alpha value is -1.92. The molecule has 1 aliphatic carbocycles. The molecule has 0 aromatic heterocycles. The average molecular weight is 304 g/mol. The summed E-state index contributed by atoms with van der Waals surface area (Å²) in [6.07, 6.45) is 1.69. The quantitative estimate of drug-likeness (QED) is 0.881. The number of hydrogen-bond acceptors (Lipinski definition) is 4. The normalized spacial score (nSPS) is 20.4. The first-order valence-corrected chi connectivity index (χ1v) is 7.51. The third kappa shape index (κ3) is 2.71. The summed E-state index contributed by atoms with van der Waals surface area (Å²) in [4.78, 5) is 25.9. The van der Waals surface area contributed by atoms with Crippen molar-refractivity contribution in [2.75, 3.05) is 31.6 Å². The Balaban J connectivity index is 1.76. The molecular weight excluding hydrogens is 284 g/mol. The van der Waals surface area contributed by atoms with E-state index >= 15 is 0 Å². The number of anilines is 1. The molecule has 0 unspecified atom stereocenters. The lowest BCUT2D eigenvalue weighted by Crippen LogP contribution is -2.51. The first-order chi connectivity index (χ1) is 10.5. The maximum atomic E-state index is 12.7. The number of carboxylic acid groups (broad SMARTS) is 1. The van der Waals surface area contributed by atoms with Gasteiger partial charge in [-0.1, -0.05) is 6.07 Å². The van der Waals surface area contributed by atoms with E-state index in [0.717, 1.165) is 31.5 Å². The first kappa shape index (κ1) is 15.0. The van der Waals surface area contributed by atoms with E-state index in [2.05, 4.69) is 10.2 Å². The Morgan fingerprint density at radius 3 is 2.55 bits per heavy atom. The van der Waals surface area contributed by atoms with Crippen LogP contribution in [0.3, 0.4) is 0 Å². The number of carbonyl (C=O) groups excluding carboxylic acids is 1. The van der Waals surface area contributed by atoms with E-state index in [1.165, 1.54) is 6.07 Å². The minimum absolute atomic E-state index is 0.0416. The number of amides is 1. The van der Waals surface area contributed by atoms with E-state index in [0.29, 0.717) is 18.9 Å². The molecule has 2 aliphatic rings. The van der Waals surface area contributed by atoms with E-state index in [4.69, 9.17) is 9.84 Å². The van der Waals surface area contributed by atoms with E-state index < -0.39 is 11.5 Å². The molecule has 0 bridgehead atoms. The van der Waals surface area contributed by atoms with Gasteiger partial charge in [-0.15, -0.1) is 0 Å². The molecule has 1 amide bonds. The molecule has 6 nitrogen and oxygen atoms in total. The number of carbonyl (C=O) groups is 2. The molecule has 0 radical (unpaired) electrons. The number of carboxylic acids is 1. The molecule has 22 heavy (non-hydrogen) atoms. The fourth-order valence-corrected chi connectivity index (χ4v) is 2.93. The maximum absolute atomic E-state index is 12.7. The van der Waals surface area contributed by atoms with Gasteiger partial charge in [-0.3, -0.25) is 9.69 Å². The van der Waals surface area contributed by atoms with Gasteiger partial charge in [0.15, 0.2) is 0 Å². The third-order valence-corrected chi connectivity index (χ3v) is 4.50. The number of benzene rings is 1. The zero-order valence-corrected chi connectivity index (χ0v) is 12.6. The molecule has 1 heterocycles. The van der Waals surface area contributed by atoms with Gasteiger partial charge in [-0.05, 0) is 37.5 Å². The molecule has 1 saturated heterocycles. The van der Waals surface area contributed by atoms with Crippen LogP contribution in [-0.2, 0) is 9.53 Å². The number of nitrogens with one attached hydrogen (secondary N) is 1. The highest BCUT2D eigenvalue weighted by molar-refractivity contribution is 6.01. The van der Waals surface area contributed by atoms with Crippen LogP contribution in [0.1, 0.15) is 28.8 Å². The third-order valence-electron chi connectivity index (χ3n) is 4.50. The van der Waals surface area contributed by atoms with E-state index in [1.54, 1.807) is 12.1 Å². The number of aromatic carboxylic acids is 1. The lowest BCUT2D eigenvalue weighted by Gasteiger charge is -2.33. The Morgan fingerprint density at radius 1 is 1.27 bits per heavy atom. The zero-order chi connectivity index (χ0) is 15.7. The number of rotatable bonds is 4. The van der Waals surface area contributed by atoms with Crippen LogP contribution in [0, 0.1) is 6.92 Å². The molecule has 2 fully saturated rings. The summed E-state index contributed by atoms with van der Waals surface area (Å²) in [7, 11) is 0. The van der Waals surface area contributed by atoms with Gasteiger partial charge < -0.3 is 15.2 Å². The van der Waals surface area contributed by atoms with Crippen LogP contribution in [0.2, 0.25) is 0 Å². The second-order valence-electron chi connectivity index (χ2n) is 5.92. The molecule has 118 valence electrons. The largest absolute Gasteiger partial charge is 0.478 e. The Bertz CT molecular complexity index is 604. The van der Waals surface area contributed by atoms with Crippen molar-refractivity contribution in [2.45, 2.75) is 25.3 Å². The summed E-state index contributed by atoms with van der Waals surface area (Å²) in [5, 5.41) is 12.0. The van der Waals surface area contributed by atoms with Crippen LogP contribution in [-0.4, -0.2) is 53.7 Å². The van der Waals surface area contributed by atoms with E-state index in [1.807, 2.05) is 6.92 Å². The molecule has 0 spiro atoms. The van der Waals surface area contributed by atoms with E-state index in [9.17, 15) is 9.59 Å². The minimum Gasteiger partial charge on any atom is -0.478 e.